The minimum atomic E-state index is -0.00458. The lowest BCUT2D eigenvalue weighted by molar-refractivity contribution is -0.128. The summed E-state index contributed by atoms with van der Waals surface area (Å²) in [6.07, 6.45) is 5.39. The number of carbonyl (C=O) groups excluding carboxylic acids is 2. The number of anilines is 1. The predicted molar refractivity (Wildman–Crippen MR) is 91.4 cm³/mol. The fourth-order valence-corrected chi connectivity index (χ4v) is 3.39. The Labute approximate surface area is 142 Å². The molecule has 2 fully saturated rings. The Hall–Kier alpha value is -1.55. The summed E-state index contributed by atoms with van der Waals surface area (Å²) in [6.45, 7) is 1.93. The first-order valence-electron chi connectivity index (χ1n) is 8.40. The number of nitrogens with one attached hydrogen (secondary N) is 2. The van der Waals surface area contributed by atoms with E-state index in [0.717, 1.165) is 49.8 Å². The van der Waals surface area contributed by atoms with Crippen molar-refractivity contribution in [2.75, 3.05) is 5.32 Å². The molecule has 1 aromatic carbocycles. The number of rotatable bonds is 4. The number of amides is 2. The van der Waals surface area contributed by atoms with Gasteiger partial charge >= 0.3 is 0 Å². The molecule has 5 heteroatoms. The number of carbonyl (C=O) groups is 2. The lowest BCUT2D eigenvalue weighted by Crippen LogP contribution is -2.36. The Kier molecular flexibility index (Phi) is 4.90. The van der Waals surface area contributed by atoms with E-state index in [1.54, 1.807) is 6.07 Å². The van der Waals surface area contributed by atoms with Gasteiger partial charge in [-0.05, 0) is 69.2 Å². The van der Waals surface area contributed by atoms with Crippen LogP contribution in [0.3, 0.4) is 0 Å². The van der Waals surface area contributed by atoms with Gasteiger partial charge in [0.15, 0.2) is 0 Å². The molecule has 0 saturated heterocycles. The molecule has 4 nitrogen and oxygen atoms in total. The maximum atomic E-state index is 12.4. The average Bonchev–Trinajstić information content (AvgIpc) is 3.34. The number of halogens is 1. The van der Waals surface area contributed by atoms with Crippen molar-refractivity contribution in [3.63, 3.8) is 0 Å². The first-order chi connectivity index (χ1) is 11.0. The third kappa shape index (κ3) is 4.25. The van der Waals surface area contributed by atoms with Gasteiger partial charge < -0.3 is 10.6 Å². The van der Waals surface area contributed by atoms with Gasteiger partial charge in [0.25, 0.3) is 0 Å². The van der Waals surface area contributed by atoms with Crippen LogP contribution in [-0.2, 0) is 9.59 Å². The quantitative estimate of drug-likeness (QED) is 0.882. The first kappa shape index (κ1) is 16.3. The van der Waals surface area contributed by atoms with Crippen LogP contribution in [0.15, 0.2) is 18.2 Å². The Morgan fingerprint density at radius 2 is 1.61 bits per heavy atom. The van der Waals surface area contributed by atoms with Crippen LogP contribution in [0.25, 0.3) is 0 Å². The van der Waals surface area contributed by atoms with Crippen molar-refractivity contribution in [2.24, 2.45) is 11.8 Å². The van der Waals surface area contributed by atoms with Crippen molar-refractivity contribution in [3.8, 4) is 0 Å². The highest BCUT2D eigenvalue weighted by Crippen LogP contribution is 2.31. The van der Waals surface area contributed by atoms with E-state index in [1.807, 2.05) is 19.1 Å². The van der Waals surface area contributed by atoms with E-state index in [1.165, 1.54) is 0 Å². The van der Waals surface area contributed by atoms with E-state index >= 15 is 0 Å². The van der Waals surface area contributed by atoms with Gasteiger partial charge in [-0.25, -0.2) is 0 Å². The van der Waals surface area contributed by atoms with Crippen LogP contribution in [-0.4, -0.2) is 17.9 Å². The minimum absolute atomic E-state index is 0.00458. The molecule has 0 unspecified atom stereocenters. The van der Waals surface area contributed by atoms with Crippen LogP contribution in [0.1, 0.15) is 44.1 Å². The Morgan fingerprint density at radius 3 is 2.17 bits per heavy atom. The Morgan fingerprint density at radius 1 is 1.00 bits per heavy atom. The maximum Gasteiger partial charge on any atom is 0.227 e. The van der Waals surface area contributed by atoms with Gasteiger partial charge in [-0.3, -0.25) is 9.59 Å². The van der Waals surface area contributed by atoms with Crippen molar-refractivity contribution in [2.45, 2.75) is 51.5 Å². The molecule has 2 aliphatic carbocycles. The summed E-state index contributed by atoms with van der Waals surface area (Å²) in [5.41, 5.74) is 1.77. The van der Waals surface area contributed by atoms with E-state index in [9.17, 15) is 9.59 Å². The fourth-order valence-electron chi connectivity index (χ4n) is 3.17. The Bertz CT molecular complexity index is 605. The highest BCUT2D eigenvalue weighted by atomic mass is 35.5. The molecule has 2 saturated carbocycles. The number of hydrogen-bond donors (Lipinski definition) is 2. The third-order valence-electron chi connectivity index (χ3n) is 4.84. The van der Waals surface area contributed by atoms with Crippen molar-refractivity contribution in [3.05, 3.63) is 28.8 Å². The van der Waals surface area contributed by atoms with Gasteiger partial charge in [0, 0.05) is 28.6 Å². The van der Waals surface area contributed by atoms with Gasteiger partial charge in [0.2, 0.25) is 11.8 Å². The lowest BCUT2D eigenvalue weighted by atomic mass is 9.81. The predicted octanol–water partition coefficient (Wildman–Crippen LogP) is 3.67. The minimum Gasteiger partial charge on any atom is -0.353 e. The van der Waals surface area contributed by atoms with Crippen LogP contribution in [0.4, 0.5) is 5.69 Å². The summed E-state index contributed by atoms with van der Waals surface area (Å²) in [6, 6.07) is 5.88. The van der Waals surface area contributed by atoms with Gasteiger partial charge in [-0.15, -0.1) is 0 Å². The second-order valence-corrected chi connectivity index (χ2v) is 7.22. The topological polar surface area (TPSA) is 58.2 Å². The molecular formula is C18H23ClN2O2. The molecule has 0 aliphatic heterocycles. The standard InChI is InChI=1S/C18H23ClN2O2/c1-11-10-14(19)6-9-16(11)21-18(23)13-4-2-12(3-5-13)17(22)20-15-7-8-15/h6,9-10,12-13,15H,2-5,7-8H2,1H3,(H,20,22)(H,21,23). The normalized spacial score (nSPS) is 24.1. The average molecular weight is 335 g/mol. The van der Waals surface area contributed by atoms with Crippen LogP contribution < -0.4 is 10.6 Å². The van der Waals surface area contributed by atoms with Crippen molar-refractivity contribution >= 4 is 29.1 Å². The monoisotopic (exact) mass is 334 g/mol. The largest absolute Gasteiger partial charge is 0.353 e. The van der Waals surface area contributed by atoms with E-state index in [0.29, 0.717) is 11.1 Å². The number of benzene rings is 1. The molecule has 0 spiro atoms. The summed E-state index contributed by atoms with van der Waals surface area (Å²) in [4.78, 5) is 24.5. The zero-order chi connectivity index (χ0) is 16.4. The second kappa shape index (κ2) is 6.91. The molecular weight excluding hydrogens is 312 g/mol. The number of hydrogen-bond acceptors (Lipinski definition) is 2. The molecule has 0 atom stereocenters. The number of aryl methyl sites for hydroxylation is 1. The molecule has 23 heavy (non-hydrogen) atoms. The van der Waals surface area contributed by atoms with Crippen LogP contribution in [0, 0.1) is 18.8 Å². The molecule has 3 rings (SSSR count). The third-order valence-corrected chi connectivity index (χ3v) is 5.07. The molecule has 0 radical (unpaired) electrons. The summed E-state index contributed by atoms with van der Waals surface area (Å²) in [7, 11) is 0. The zero-order valence-corrected chi connectivity index (χ0v) is 14.2. The molecule has 0 aromatic heterocycles. The zero-order valence-electron chi connectivity index (χ0n) is 13.4. The molecule has 2 N–H and O–H groups in total. The fraction of sp³-hybridized carbons (Fsp3) is 0.556. The van der Waals surface area contributed by atoms with Gasteiger partial charge in [-0.1, -0.05) is 11.6 Å². The van der Waals surface area contributed by atoms with Crippen molar-refractivity contribution in [1.82, 2.24) is 5.32 Å². The first-order valence-corrected chi connectivity index (χ1v) is 8.78. The van der Waals surface area contributed by atoms with Crippen LogP contribution in [0.2, 0.25) is 5.02 Å². The maximum absolute atomic E-state index is 12.4. The highest BCUT2D eigenvalue weighted by Gasteiger charge is 2.32. The highest BCUT2D eigenvalue weighted by molar-refractivity contribution is 6.30. The SMILES string of the molecule is Cc1cc(Cl)ccc1NC(=O)C1CCC(C(=O)NC2CC2)CC1. The summed E-state index contributed by atoms with van der Waals surface area (Å²) < 4.78 is 0. The summed E-state index contributed by atoms with van der Waals surface area (Å²) in [5, 5.41) is 6.73. The Balaban J connectivity index is 1.50. The van der Waals surface area contributed by atoms with Gasteiger partial charge in [0.1, 0.15) is 0 Å². The van der Waals surface area contributed by atoms with E-state index in [4.69, 9.17) is 11.6 Å². The van der Waals surface area contributed by atoms with Gasteiger partial charge in [0.05, 0.1) is 0 Å². The van der Waals surface area contributed by atoms with Crippen LogP contribution >= 0.6 is 11.6 Å². The smallest absolute Gasteiger partial charge is 0.227 e. The van der Waals surface area contributed by atoms with E-state index in [-0.39, 0.29) is 23.7 Å². The summed E-state index contributed by atoms with van der Waals surface area (Å²) in [5.74, 6) is 0.309. The van der Waals surface area contributed by atoms with Gasteiger partial charge in [-0.2, -0.15) is 0 Å². The second-order valence-electron chi connectivity index (χ2n) is 6.78. The molecule has 0 bridgehead atoms. The van der Waals surface area contributed by atoms with Crippen molar-refractivity contribution in [1.29, 1.82) is 0 Å². The van der Waals surface area contributed by atoms with E-state index < -0.39 is 0 Å². The molecule has 2 aliphatic rings. The summed E-state index contributed by atoms with van der Waals surface area (Å²) >= 11 is 5.94. The molecule has 2 amide bonds. The van der Waals surface area contributed by atoms with Crippen LogP contribution in [0.5, 0.6) is 0 Å². The lowest BCUT2D eigenvalue weighted by Gasteiger charge is -2.27. The molecule has 0 heterocycles. The van der Waals surface area contributed by atoms with Crippen molar-refractivity contribution < 1.29 is 9.59 Å². The molecule has 1 aromatic rings. The molecule has 124 valence electrons. The van der Waals surface area contributed by atoms with E-state index in [2.05, 4.69) is 10.6 Å².